The molecule has 2 N–H and O–H groups in total. The number of anilines is 3. The minimum Gasteiger partial charge on any atom is -0.337 e. The van der Waals surface area contributed by atoms with Gasteiger partial charge in [-0.2, -0.15) is 0 Å². The first kappa shape index (κ1) is 18.4. The summed E-state index contributed by atoms with van der Waals surface area (Å²) in [5.74, 6) is -1.74. The van der Waals surface area contributed by atoms with Crippen molar-refractivity contribution in [3.8, 4) is 0 Å². The highest BCUT2D eigenvalue weighted by atomic mass is 32.2. The van der Waals surface area contributed by atoms with E-state index in [0.29, 0.717) is 18.4 Å². The molecule has 0 radical (unpaired) electrons. The third-order valence-corrected chi connectivity index (χ3v) is 6.79. The topological polar surface area (TPSA) is 80.2 Å². The molecule has 1 fully saturated rings. The van der Waals surface area contributed by atoms with Crippen molar-refractivity contribution in [2.24, 2.45) is 7.05 Å². The number of aromatic nitrogens is 1. The third-order valence-electron chi connectivity index (χ3n) is 4.60. The number of aryl methyl sites for hydroxylation is 1. The molecule has 0 aliphatic heterocycles. The van der Waals surface area contributed by atoms with Gasteiger partial charge in [0.2, 0.25) is 10.0 Å². The number of nitrogens with one attached hydrogen (secondary N) is 2. The Hall–Kier alpha value is -2.42. The van der Waals surface area contributed by atoms with Gasteiger partial charge in [0, 0.05) is 13.1 Å². The molecule has 1 saturated carbocycles. The fourth-order valence-electron chi connectivity index (χ4n) is 2.49. The lowest BCUT2D eigenvalue weighted by Gasteiger charge is -2.19. The lowest BCUT2D eigenvalue weighted by Crippen LogP contribution is -2.30. The normalized spacial score (nSPS) is 15.6. The van der Waals surface area contributed by atoms with Crippen LogP contribution in [0.5, 0.6) is 0 Å². The van der Waals surface area contributed by atoms with Gasteiger partial charge in [-0.25, -0.2) is 17.2 Å². The van der Waals surface area contributed by atoms with E-state index in [1.165, 1.54) is 19.2 Å². The van der Waals surface area contributed by atoms with E-state index in [9.17, 15) is 22.0 Å². The Labute approximate surface area is 149 Å². The summed E-state index contributed by atoms with van der Waals surface area (Å²) in [7, 11) is -2.51. The molecule has 26 heavy (non-hydrogen) atoms. The second-order valence-electron chi connectivity index (χ2n) is 6.78. The summed E-state index contributed by atoms with van der Waals surface area (Å²) >= 11 is 0. The van der Waals surface area contributed by atoms with E-state index in [0.717, 1.165) is 10.6 Å². The number of hydrogen-bond donors (Lipinski definition) is 2. The summed E-state index contributed by atoms with van der Waals surface area (Å²) in [6, 6.07) is 5.21. The van der Waals surface area contributed by atoms with Crippen LogP contribution in [-0.2, 0) is 17.1 Å². The number of benzene rings is 1. The molecule has 0 spiro atoms. The minimum absolute atomic E-state index is 0.0373. The zero-order chi connectivity index (χ0) is 19.3. The zero-order valence-electron chi connectivity index (χ0n) is 14.6. The number of hydrogen-bond acceptors (Lipinski definition) is 4. The van der Waals surface area contributed by atoms with Crippen molar-refractivity contribution >= 4 is 27.2 Å². The Morgan fingerprint density at radius 1 is 1.12 bits per heavy atom. The molecule has 2 aromatic rings. The maximum absolute atomic E-state index is 14.2. The highest BCUT2D eigenvalue weighted by molar-refractivity contribution is 7.94. The molecule has 1 aromatic carbocycles. The molecule has 6 nitrogen and oxygen atoms in total. The van der Waals surface area contributed by atoms with Crippen LogP contribution in [0.25, 0.3) is 0 Å². The monoisotopic (exact) mass is 383 g/mol. The smallest absolute Gasteiger partial charge is 0.287 e. The van der Waals surface area contributed by atoms with Crippen LogP contribution in [0.15, 0.2) is 29.1 Å². The van der Waals surface area contributed by atoms with Crippen molar-refractivity contribution in [3.05, 3.63) is 51.8 Å². The maximum atomic E-state index is 14.2. The minimum atomic E-state index is -3.78. The Bertz CT molecular complexity index is 1040. The molecule has 1 aliphatic carbocycles. The summed E-state index contributed by atoms with van der Waals surface area (Å²) < 4.78 is 55.3. The van der Waals surface area contributed by atoms with Crippen LogP contribution >= 0.6 is 0 Å². The van der Waals surface area contributed by atoms with Gasteiger partial charge in [-0.3, -0.25) is 14.1 Å². The molecule has 0 saturated heterocycles. The Balaban J connectivity index is 2.08. The van der Waals surface area contributed by atoms with E-state index in [4.69, 9.17) is 0 Å². The second kappa shape index (κ2) is 6.08. The van der Waals surface area contributed by atoms with Crippen LogP contribution < -0.4 is 15.6 Å². The summed E-state index contributed by atoms with van der Waals surface area (Å²) in [6.45, 7) is 3.30. The maximum Gasteiger partial charge on any atom is 0.287 e. The van der Waals surface area contributed by atoms with E-state index in [1.54, 1.807) is 19.9 Å². The quantitative estimate of drug-likeness (QED) is 0.832. The molecule has 1 aliphatic rings. The molecular weight excluding hydrogens is 364 g/mol. The van der Waals surface area contributed by atoms with Crippen molar-refractivity contribution in [3.63, 3.8) is 0 Å². The van der Waals surface area contributed by atoms with Gasteiger partial charge in [0.25, 0.3) is 5.56 Å². The van der Waals surface area contributed by atoms with Gasteiger partial charge >= 0.3 is 0 Å². The Morgan fingerprint density at radius 2 is 1.77 bits per heavy atom. The van der Waals surface area contributed by atoms with Crippen molar-refractivity contribution in [2.75, 3.05) is 10.0 Å². The van der Waals surface area contributed by atoms with E-state index in [2.05, 4.69) is 10.0 Å². The summed E-state index contributed by atoms with van der Waals surface area (Å²) in [5, 5.41) is 2.69. The van der Waals surface area contributed by atoms with E-state index >= 15 is 0 Å². The van der Waals surface area contributed by atoms with Gasteiger partial charge < -0.3 is 5.32 Å². The van der Waals surface area contributed by atoms with Gasteiger partial charge in [-0.1, -0.05) is 6.07 Å². The van der Waals surface area contributed by atoms with Gasteiger partial charge in [0.15, 0.2) is 5.82 Å². The third kappa shape index (κ3) is 3.18. The molecule has 3 rings (SSSR count). The first-order valence-electron chi connectivity index (χ1n) is 7.99. The zero-order valence-corrected chi connectivity index (χ0v) is 15.4. The largest absolute Gasteiger partial charge is 0.337 e. The van der Waals surface area contributed by atoms with Gasteiger partial charge in [-0.15, -0.1) is 0 Å². The molecular formula is C17H19F2N3O3S. The van der Waals surface area contributed by atoms with Crippen molar-refractivity contribution in [1.82, 2.24) is 4.57 Å². The van der Waals surface area contributed by atoms with Crippen LogP contribution in [0.1, 0.15) is 25.3 Å². The number of pyridine rings is 1. The predicted molar refractivity (Wildman–Crippen MR) is 96.2 cm³/mol. The van der Waals surface area contributed by atoms with Gasteiger partial charge in [-0.05, 0) is 44.4 Å². The molecule has 140 valence electrons. The Kier molecular flexibility index (Phi) is 4.30. The lowest BCUT2D eigenvalue weighted by atomic mass is 10.2. The van der Waals surface area contributed by atoms with Crippen LogP contribution in [-0.4, -0.2) is 17.7 Å². The summed E-state index contributed by atoms with van der Waals surface area (Å²) in [4.78, 5) is 11.9. The first-order valence-corrected chi connectivity index (χ1v) is 9.47. The average Bonchev–Trinajstić information content (AvgIpc) is 3.30. The molecule has 1 heterocycles. The van der Waals surface area contributed by atoms with Crippen LogP contribution in [0.2, 0.25) is 0 Å². The molecule has 0 bridgehead atoms. The fourth-order valence-corrected chi connectivity index (χ4v) is 3.82. The van der Waals surface area contributed by atoms with Gasteiger partial charge in [0.05, 0.1) is 16.1 Å². The number of nitrogens with zero attached hydrogens (tertiary/aromatic N) is 1. The second-order valence-corrected chi connectivity index (χ2v) is 8.98. The summed E-state index contributed by atoms with van der Waals surface area (Å²) in [6.07, 6.45) is 0.984. The fraction of sp³-hybridized carbons (Fsp3) is 0.353. The van der Waals surface area contributed by atoms with E-state index in [-0.39, 0.29) is 17.2 Å². The van der Waals surface area contributed by atoms with E-state index < -0.39 is 32.0 Å². The number of sulfonamides is 1. The Morgan fingerprint density at radius 3 is 2.35 bits per heavy atom. The molecule has 0 atom stereocenters. The highest BCUT2D eigenvalue weighted by Crippen LogP contribution is 2.44. The van der Waals surface area contributed by atoms with Gasteiger partial charge in [0.1, 0.15) is 11.6 Å². The van der Waals surface area contributed by atoms with Crippen LogP contribution in [0.3, 0.4) is 0 Å². The van der Waals surface area contributed by atoms with Crippen molar-refractivity contribution < 1.29 is 17.2 Å². The first-order chi connectivity index (χ1) is 12.0. The van der Waals surface area contributed by atoms with E-state index in [1.807, 2.05) is 0 Å². The molecule has 0 unspecified atom stereocenters. The number of rotatable bonds is 5. The molecule has 1 aromatic heterocycles. The van der Waals surface area contributed by atoms with Crippen molar-refractivity contribution in [2.45, 2.75) is 31.4 Å². The highest BCUT2D eigenvalue weighted by Gasteiger charge is 2.50. The SMILES string of the molecule is Cc1ccc(Nc2c(NS(=O)(=O)C3(C)CC3)cc(F)c(=O)n2C)c(F)c1. The standard InChI is InChI=1S/C17H19F2N3O3S/c1-10-4-5-13(11(18)8-10)20-15-14(9-12(19)16(23)22(15)3)21-26(24,25)17(2)6-7-17/h4-5,8-9,20-21H,6-7H2,1-3H3. The predicted octanol–water partition coefficient (Wildman–Crippen LogP) is 3.01. The average molecular weight is 383 g/mol. The lowest BCUT2D eigenvalue weighted by molar-refractivity contribution is 0.585. The van der Waals surface area contributed by atoms with Crippen LogP contribution in [0, 0.1) is 18.6 Å². The molecule has 9 heteroatoms. The molecule has 0 amide bonds. The van der Waals surface area contributed by atoms with Crippen molar-refractivity contribution in [1.29, 1.82) is 0 Å². The number of halogens is 2. The summed E-state index contributed by atoms with van der Waals surface area (Å²) in [5.41, 5.74) is -0.378. The van der Waals surface area contributed by atoms with Crippen LogP contribution in [0.4, 0.5) is 26.0 Å².